The van der Waals surface area contributed by atoms with Crippen LogP contribution in [0, 0.1) is 5.92 Å². The Bertz CT molecular complexity index is 471. The lowest BCUT2D eigenvalue weighted by Crippen LogP contribution is -2.29. The fraction of sp³-hybridized carbons (Fsp3) is 0.750. The van der Waals surface area contributed by atoms with Crippen molar-refractivity contribution in [2.75, 3.05) is 13.6 Å². The zero-order valence-electron chi connectivity index (χ0n) is 10.5. The van der Waals surface area contributed by atoms with Gasteiger partial charge in [0, 0.05) is 13.0 Å². The minimum Gasteiger partial charge on any atom is -0.481 e. The van der Waals surface area contributed by atoms with Gasteiger partial charge in [0.15, 0.2) is 0 Å². The van der Waals surface area contributed by atoms with Crippen LogP contribution in [0.25, 0.3) is 0 Å². The van der Waals surface area contributed by atoms with Gasteiger partial charge in [0.25, 0.3) is 0 Å². The summed E-state index contributed by atoms with van der Waals surface area (Å²) in [5.74, 6) is 0.901. The van der Waals surface area contributed by atoms with Gasteiger partial charge in [-0.2, -0.15) is 0 Å². The average molecular weight is 250 g/mol. The Kier molecular flexibility index (Phi) is 2.81. The van der Waals surface area contributed by atoms with E-state index in [9.17, 15) is 4.79 Å². The maximum Gasteiger partial charge on any atom is 0.308 e. The van der Waals surface area contributed by atoms with Gasteiger partial charge in [0.1, 0.15) is 11.6 Å². The van der Waals surface area contributed by atoms with Gasteiger partial charge in [-0.25, -0.2) is 0 Å². The van der Waals surface area contributed by atoms with Crippen molar-refractivity contribution in [2.24, 2.45) is 5.92 Å². The number of likely N-dealkylation sites (tertiary alicyclic amines) is 1. The van der Waals surface area contributed by atoms with Gasteiger partial charge in [-0.05, 0) is 32.9 Å². The molecule has 0 aliphatic carbocycles. The molecule has 1 aromatic heterocycles. The molecule has 6 nitrogen and oxygen atoms in total. The molecule has 0 radical (unpaired) electrons. The summed E-state index contributed by atoms with van der Waals surface area (Å²) in [6, 6.07) is 0.304. The third kappa shape index (κ3) is 1.80. The molecule has 1 fully saturated rings. The standard InChI is InChI=1S/C12H18N4O2/c1-15-6-2-3-9(15)11-14-13-10-5-4-8(12(17)18)7-16(10)11/h8-9H,2-7H2,1H3,(H,17,18). The molecule has 6 heteroatoms. The Morgan fingerprint density at radius 2 is 2.22 bits per heavy atom. The molecule has 2 aliphatic rings. The van der Waals surface area contributed by atoms with Crippen molar-refractivity contribution in [3.05, 3.63) is 11.6 Å². The Morgan fingerprint density at radius 3 is 2.89 bits per heavy atom. The number of hydrogen-bond donors (Lipinski definition) is 1. The quantitative estimate of drug-likeness (QED) is 0.836. The zero-order valence-corrected chi connectivity index (χ0v) is 10.5. The molecule has 0 amide bonds. The number of carbonyl (C=O) groups is 1. The lowest BCUT2D eigenvalue weighted by atomic mass is 9.99. The number of hydrogen-bond acceptors (Lipinski definition) is 4. The molecule has 18 heavy (non-hydrogen) atoms. The second-order valence-corrected chi connectivity index (χ2v) is 5.30. The number of carboxylic acids is 1. The van der Waals surface area contributed by atoms with E-state index in [2.05, 4.69) is 22.1 Å². The summed E-state index contributed by atoms with van der Waals surface area (Å²) in [6.07, 6.45) is 3.66. The van der Waals surface area contributed by atoms with E-state index >= 15 is 0 Å². The number of nitrogens with zero attached hydrogens (tertiary/aromatic N) is 4. The minimum absolute atomic E-state index is 0.293. The van der Waals surface area contributed by atoms with Crippen LogP contribution in [0.5, 0.6) is 0 Å². The van der Waals surface area contributed by atoms with E-state index in [-0.39, 0.29) is 5.92 Å². The first kappa shape index (κ1) is 11.6. The molecule has 3 rings (SSSR count). The second kappa shape index (κ2) is 4.35. The molecular formula is C12H18N4O2. The maximum absolute atomic E-state index is 11.1. The lowest BCUT2D eigenvalue weighted by molar-refractivity contribution is -0.142. The summed E-state index contributed by atoms with van der Waals surface area (Å²) < 4.78 is 2.04. The minimum atomic E-state index is -0.708. The first-order chi connectivity index (χ1) is 8.66. The molecule has 98 valence electrons. The van der Waals surface area contributed by atoms with Gasteiger partial charge in [0.05, 0.1) is 12.0 Å². The first-order valence-electron chi connectivity index (χ1n) is 6.52. The number of aromatic nitrogens is 3. The highest BCUT2D eigenvalue weighted by atomic mass is 16.4. The normalized spacial score (nSPS) is 28.3. The van der Waals surface area contributed by atoms with Crippen LogP contribution in [0.15, 0.2) is 0 Å². The molecule has 2 unspecified atom stereocenters. The monoisotopic (exact) mass is 250 g/mol. The molecular weight excluding hydrogens is 232 g/mol. The topological polar surface area (TPSA) is 71.2 Å². The molecule has 0 bridgehead atoms. The van der Waals surface area contributed by atoms with Crippen molar-refractivity contribution in [1.29, 1.82) is 0 Å². The lowest BCUT2D eigenvalue weighted by Gasteiger charge is -2.24. The Balaban J connectivity index is 1.90. The van der Waals surface area contributed by atoms with Crippen LogP contribution < -0.4 is 0 Å². The summed E-state index contributed by atoms with van der Waals surface area (Å²) in [4.78, 5) is 13.4. The summed E-state index contributed by atoms with van der Waals surface area (Å²) in [6.45, 7) is 1.60. The number of aliphatic carboxylic acids is 1. The smallest absolute Gasteiger partial charge is 0.308 e. The zero-order chi connectivity index (χ0) is 12.7. The Labute approximate surface area is 106 Å². The van der Waals surface area contributed by atoms with Crippen molar-refractivity contribution >= 4 is 5.97 Å². The van der Waals surface area contributed by atoms with Gasteiger partial charge >= 0.3 is 5.97 Å². The second-order valence-electron chi connectivity index (χ2n) is 5.30. The predicted molar refractivity (Wildman–Crippen MR) is 64.1 cm³/mol. The fourth-order valence-electron chi connectivity index (χ4n) is 3.03. The Morgan fingerprint density at radius 1 is 1.39 bits per heavy atom. The van der Waals surface area contributed by atoms with Crippen molar-refractivity contribution in [2.45, 2.75) is 38.3 Å². The molecule has 1 N–H and O–H groups in total. The van der Waals surface area contributed by atoms with Crippen LogP contribution in [0.2, 0.25) is 0 Å². The van der Waals surface area contributed by atoms with Gasteiger partial charge < -0.3 is 9.67 Å². The molecule has 2 atom stereocenters. The molecule has 0 aromatic carbocycles. The van der Waals surface area contributed by atoms with E-state index in [1.165, 1.54) is 6.42 Å². The van der Waals surface area contributed by atoms with Crippen LogP contribution in [-0.4, -0.2) is 44.3 Å². The van der Waals surface area contributed by atoms with E-state index in [4.69, 9.17) is 5.11 Å². The largest absolute Gasteiger partial charge is 0.481 e. The summed E-state index contributed by atoms with van der Waals surface area (Å²) in [5.41, 5.74) is 0. The number of rotatable bonds is 2. The van der Waals surface area contributed by atoms with E-state index in [1.54, 1.807) is 0 Å². The highest BCUT2D eigenvalue weighted by molar-refractivity contribution is 5.70. The molecule has 1 aromatic rings. The van der Waals surface area contributed by atoms with Crippen LogP contribution in [0.4, 0.5) is 0 Å². The van der Waals surface area contributed by atoms with E-state index < -0.39 is 5.97 Å². The SMILES string of the molecule is CN1CCCC1c1nnc2n1CC(C(=O)O)CC2. The average Bonchev–Trinajstić information content (AvgIpc) is 2.93. The van der Waals surface area contributed by atoms with Crippen LogP contribution in [0.1, 0.15) is 37.0 Å². The van der Waals surface area contributed by atoms with Crippen LogP contribution in [-0.2, 0) is 17.8 Å². The summed E-state index contributed by atoms with van der Waals surface area (Å²) in [5, 5.41) is 17.7. The molecule has 3 heterocycles. The van der Waals surface area contributed by atoms with E-state index in [1.807, 2.05) is 4.57 Å². The van der Waals surface area contributed by atoms with Crippen molar-refractivity contribution in [3.63, 3.8) is 0 Å². The number of carboxylic acid groups (broad SMARTS) is 1. The molecule has 2 aliphatic heterocycles. The van der Waals surface area contributed by atoms with Gasteiger partial charge in [-0.1, -0.05) is 0 Å². The Hall–Kier alpha value is -1.43. The fourth-order valence-corrected chi connectivity index (χ4v) is 3.03. The summed E-state index contributed by atoms with van der Waals surface area (Å²) >= 11 is 0. The van der Waals surface area contributed by atoms with Gasteiger partial charge in [-0.15, -0.1) is 10.2 Å². The van der Waals surface area contributed by atoms with Crippen molar-refractivity contribution in [1.82, 2.24) is 19.7 Å². The first-order valence-corrected chi connectivity index (χ1v) is 6.52. The van der Waals surface area contributed by atoms with Crippen LogP contribution >= 0.6 is 0 Å². The highest BCUT2D eigenvalue weighted by Crippen LogP contribution is 2.31. The molecule has 0 saturated carbocycles. The number of fused-ring (bicyclic) bond motifs is 1. The number of aryl methyl sites for hydroxylation is 1. The van der Waals surface area contributed by atoms with Crippen LogP contribution in [0.3, 0.4) is 0 Å². The highest BCUT2D eigenvalue weighted by Gasteiger charge is 2.32. The van der Waals surface area contributed by atoms with Crippen molar-refractivity contribution < 1.29 is 9.90 Å². The van der Waals surface area contributed by atoms with E-state index in [0.717, 1.165) is 31.0 Å². The van der Waals surface area contributed by atoms with Gasteiger partial charge in [0.2, 0.25) is 0 Å². The van der Waals surface area contributed by atoms with Gasteiger partial charge in [-0.3, -0.25) is 9.69 Å². The third-order valence-electron chi connectivity index (χ3n) is 4.14. The summed E-state index contributed by atoms with van der Waals surface area (Å²) in [7, 11) is 2.09. The molecule has 0 spiro atoms. The maximum atomic E-state index is 11.1. The molecule has 1 saturated heterocycles. The van der Waals surface area contributed by atoms with E-state index in [0.29, 0.717) is 19.0 Å². The third-order valence-corrected chi connectivity index (χ3v) is 4.14. The predicted octanol–water partition coefficient (Wildman–Crippen LogP) is 0.692. The van der Waals surface area contributed by atoms with Crippen molar-refractivity contribution in [3.8, 4) is 0 Å².